The monoisotopic (exact) mass is 193 g/mol. The summed E-state index contributed by atoms with van der Waals surface area (Å²) in [6.07, 6.45) is 3.80. The van der Waals surface area contributed by atoms with Gasteiger partial charge in [0.1, 0.15) is 5.82 Å². The molecule has 1 aromatic rings. The van der Waals surface area contributed by atoms with E-state index >= 15 is 0 Å². The molecular weight excluding hydrogens is 182 g/mol. The highest BCUT2D eigenvalue weighted by atomic mass is 32.2. The van der Waals surface area contributed by atoms with Crippen molar-refractivity contribution >= 4 is 17.6 Å². The molecule has 0 amide bonds. The summed E-state index contributed by atoms with van der Waals surface area (Å²) < 4.78 is 0. The van der Waals surface area contributed by atoms with Gasteiger partial charge in [-0.15, -0.1) is 11.8 Å². The number of hydrogen-bond donors (Lipinski definition) is 1. The van der Waals surface area contributed by atoms with Crippen molar-refractivity contribution in [3.8, 4) is 0 Å². The van der Waals surface area contributed by atoms with Gasteiger partial charge >= 0.3 is 0 Å². The van der Waals surface area contributed by atoms with E-state index in [2.05, 4.69) is 21.5 Å². The molecule has 0 saturated carbocycles. The lowest BCUT2D eigenvalue weighted by molar-refractivity contribution is 0.441. The molecular formula is C9H11N3S. The van der Waals surface area contributed by atoms with Gasteiger partial charge in [-0.2, -0.15) is 0 Å². The van der Waals surface area contributed by atoms with E-state index in [9.17, 15) is 0 Å². The Morgan fingerprint density at radius 1 is 1.62 bits per heavy atom. The number of thioether (sulfide) groups is 1. The number of nitrogens with two attached hydrogens (primary N) is 1. The van der Waals surface area contributed by atoms with Crippen LogP contribution in [-0.2, 0) is 6.54 Å². The molecule has 2 heterocycles. The molecule has 1 aliphatic rings. The normalized spacial score (nSPS) is 15.2. The Morgan fingerprint density at radius 3 is 3.23 bits per heavy atom. The summed E-state index contributed by atoms with van der Waals surface area (Å²) in [5, 5.41) is 2.09. The van der Waals surface area contributed by atoms with Crippen LogP contribution >= 0.6 is 11.8 Å². The lowest BCUT2D eigenvalue weighted by atomic mass is 10.2. The molecule has 0 spiro atoms. The number of nitrogen functional groups attached to an aromatic ring is 1. The fraction of sp³-hybridized carbons (Fsp3) is 0.222. The van der Waals surface area contributed by atoms with Crippen molar-refractivity contribution in [3.63, 3.8) is 0 Å². The van der Waals surface area contributed by atoms with Gasteiger partial charge in [0.25, 0.3) is 0 Å². The quantitative estimate of drug-likeness (QED) is 0.775. The van der Waals surface area contributed by atoms with E-state index in [1.54, 1.807) is 18.0 Å². The molecule has 0 saturated heterocycles. The standard InChI is InChI=1S/C9H11N3S/c10-9-8(2-1-3-11-9)6-12-4-5-13-7-12/h1-5H,6-7H2,(H2,10,11). The molecule has 0 aromatic carbocycles. The zero-order valence-corrected chi connectivity index (χ0v) is 8.00. The Kier molecular flexibility index (Phi) is 2.40. The Morgan fingerprint density at radius 2 is 2.54 bits per heavy atom. The van der Waals surface area contributed by atoms with Crippen molar-refractivity contribution < 1.29 is 0 Å². The summed E-state index contributed by atoms with van der Waals surface area (Å²) in [5.74, 6) is 1.64. The van der Waals surface area contributed by atoms with Crippen molar-refractivity contribution in [2.75, 3.05) is 11.6 Å². The highest BCUT2D eigenvalue weighted by molar-refractivity contribution is 8.02. The summed E-state index contributed by atoms with van der Waals surface area (Å²) in [5.41, 5.74) is 6.82. The van der Waals surface area contributed by atoms with Gasteiger partial charge in [-0.25, -0.2) is 4.98 Å². The van der Waals surface area contributed by atoms with Crippen LogP contribution in [0.15, 0.2) is 29.9 Å². The van der Waals surface area contributed by atoms with E-state index in [4.69, 9.17) is 5.73 Å². The highest BCUT2D eigenvalue weighted by Crippen LogP contribution is 2.19. The van der Waals surface area contributed by atoms with Crippen LogP contribution in [0.5, 0.6) is 0 Å². The van der Waals surface area contributed by atoms with Crippen LogP contribution < -0.4 is 5.73 Å². The minimum Gasteiger partial charge on any atom is -0.383 e. The molecule has 2 rings (SSSR count). The zero-order valence-electron chi connectivity index (χ0n) is 7.18. The number of nitrogens with zero attached hydrogens (tertiary/aromatic N) is 2. The van der Waals surface area contributed by atoms with Crippen LogP contribution in [0.4, 0.5) is 5.82 Å². The molecule has 68 valence electrons. The minimum absolute atomic E-state index is 0.632. The molecule has 2 N–H and O–H groups in total. The van der Waals surface area contributed by atoms with Crippen molar-refractivity contribution in [2.45, 2.75) is 6.54 Å². The summed E-state index contributed by atoms with van der Waals surface area (Å²) in [4.78, 5) is 6.25. The Bertz CT molecular complexity index is 324. The molecule has 13 heavy (non-hydrogen) atoms. The topological polar surface area (TPSA) is 42.1 Å². The number of rotatable bonds is 2. The first kappa shape index (κ1) is 8.44. The van der Waals surface area contributed by atoms with Crippen molar-refractivity contribution in [2.24, 2.45) is 0 Å². The van der Waals surface area contributed by atoms with E-state index in [-0.39, 0.29) is 0 Å². The lowest BCUT2D eigenvalue weighted by Crippen LogP contribution is -2.14. The summed E-state index contributed by atoms with van der Waals surface area (Å²) in [6, 6.07) is 3.93. The Balaban J connectivity index is 2.09. The van der Waals surface area contributed by atoms with Gasteiger partial charge in [-0.05, 0) is 11.5 Å². The second-order valence-corrected chi connectivity index (χ2v) is 3.74. The average Bonchev–Trinajstić information content (AvgIpc) is 2.61. The molecule has 0 fully saturated rings. The van der Waals surface area contributed by atoms with Crippen molar-refractivity contribution in [3.05, 3.63) is 35.5 Å². The lowest BCUT2D eigenvalue weighted by Gasteiger charge is -2.14. The van der Waals surface area contributed by atoms with Gasteiger partial charge in [-0.3, -0.25) is 0 Å². The predicted octanol–water partition coefficient (Wildman–Crippen LogP) is 1.64. The van der Waals surface area contributed by atoms with E-state index in [0.717, 1.165) is 18.0 Å². The molecule has 0 atom stereocenters. The molecule has 0 bridgehead atoms. The summed E-state index contributed by atoms with van der Waals surface area (Å²) in [7, 11) is 0. The Hall–Kier alpha value is -1.16. The molecule has 1 aliphatic heterocycles. The van der Waals surface area contributed by atoms with Crippen LogP contribution in [0.3, 0.4) is 0 Å². The number of hydrogen-bond acceptors (Lipinski definition) is 4. The van der Waals surface area contributed by atoms with Crippen molar-refractivity contribution in [1.82, 2.24) is 9.88 Å². The third-order valence-corrected chi connectivity index (χ3v) is 2.70. The number of anilines is 1. The second kappa shape index (κ2) is 3.70. The molecule has 0 aliphatic carbocycles. The second-order valence-electron chi connectivity index (χ2n) is 2.88. The first-order valence-electron chi connectivity index (χ1n) is 4.08. The minimum atomic E-state index is 0.632. The van der Waals surface area contributed by atoms with Gasteiger partial charge < -0.3 is 10.6 Å². The fourth-order valence-electron chi connectivity index (χ4n) is 1.21. The SMILES string of the molecule is Nc1ncccc1CN1C=CSC1. The van der Waals surface area contributed by atoms with Crippen LogP contribution in [-0.4, -0.2) is 15.8 Å². The third-order valence-electron chi connectivity index (χ3n) is 1.91. The zero-order chi connectivity index (χ0) is 9.10. The summed E-state index contributed by atoms with van der Waals surface area (Å²) in [6.45, 7) is 0.850. The van der Waals surface area contributed by atoms with Gasteiger partial charge in [0.2, 0.25) is 0 Å². The maximum atomic E-state index is 5.73. The van der Waals surface area contributed by atoms with Crippen molar-refractivity contribution in [1.29, 1.82) is 0 Å². The summed E-state index contributed by atoms with van der Waals surface area (Å²) >= 11 is 1.79. The van der Waals surface area contributed by atoms with E-state index in [1.165, 1.54) is 0 Å². The first-order valence-corrected chi connectivity index (χ1v) is 5.13. The van der Waals surface area contributed by atoms with Gasteiger partial charge in [0, 0.05) is 24.5 Å². The molecule has 1 aromatic heterocycles. The van der Waals surface area contributed by atoms with E-state index in [1.807, 2.05) is 12.1 Å². The Labute approximate surface area is 81.6 Å². The maximum absolute atomic E-state index is 5.73. The molecule has 3 nitrogen and oxygen atoms in total. The van der Waals surface area contributed by atoms with Gasteiger partial charge in [-0.1, -0.05) is 6.07 Å². The predicted molar refractivity (Wildman–Crippen MR) is 55.8 cm³/mol. The van der Waals surface area contributed by atoms with Gasteiger partial charge in [0.15, 0.2) is 0 Å². The van der Waals surface area contributed by atoms with Crippen LogP contribution in [0.25, 0.3) is 0 Å². The maximum Gasteiger partial charge on any atom is 0.128 e. The highest BCUT2D eigenvalue weighted by Gasteiger charge is 2.07. The van der Waals surface area contributed by atoms with E-state index in [0.29, 0.717) is 5.82 Å². The number of aromatic nitrogens is 1. The fourth-order valence-corrected chi connectivity index (χ4v) is 1.93. The van der Waals surface area contributed by atoms with Gasteiger partial charge in [0.05, 0.1) is 5.88 Å². The average molecular weight is 193 g/mol. The molecule has 4 heteroatoms. The first-order chi connectivity index (χ1) is 6.36. The van der Waals surface area contributed by atoms with Crippen LogP contribution in [0.2, 0.25) is 0 Å². The van der Waals surface area contributed by atoms with Crippen LogP contribution in [0, 0.1) is 0 Å². The smallest absolute Gasteiger partial charge is 0.128 e. The van der Waals surface area contributed by atoms with E-state index < -0.39 is 0 Å². The molecule has 0 unspecified atom stereocenters. The number of pyridine rings is 1. The molecule has 0 radical (unpaired) electrons. The largest absolute Gasteiger partial charge is 0.383 e. The third kappa shape index (κ3) is 1.95. The van der Waals surface area contributed by atoms with Crippen LogP contribution in [0.1, 0.15) is 5.56 Å².